The Morgan fingerprint density at radius 3 is 2.64 bits per heavy atom. The number of nitrogens with one attached hydrogen (secondary N) is 1. The van der Waals surface area contributed by atoms with Crippen LogP contribution in [0.15, 0.2) is 30.5 Å². The van der Waals surface area contributed by atoms with Gasteiger partial charge in [0.2, 0.25) is 5.88 Å². The van der Waals surface area contributed by atoms with Crippen LogP contribution in [-0.2, 0) is 13.6 Å². The number of fused-ring (bicyclic) bond motifs is 1. The van der Waals surface area contributed by atoms with E-state index in [4.69, 9.17) is 14.5 Å². The van der Waals surface area contributed by atoms with Gasteiger partial charge in [0.15, 0.2) is 5.82 Å². The Labute approximate surface area is 192 Å². The van der Waals surface area contributed by atoms with Crippen LogP contribution in [-0.4, -0.2) is 53.7 Å². The molecule has 0 radical (unpaired) electrons. The molecule has 0 aliphatic carbocycles. The number of aryl methyl sites for hydroxylation is 2. The number of nitrogens with zero attached hydrogens (tertiary/aromatic N) is 6. The van der Waals surface area contributed by atoms with Crippen molar-refractivity contribution >= 4 is 22.7 Å². The van der Waals surface area contributed by atoms with Gasteiger partial charge in [-0.05, 0) is 33.8 Å². The van der Waals surface area contributed by atoms with E-state index >= 15 is 0 Å². The lowest BCUT2D eigenvalue weighted by Gasteiger charge is -2.22. The maximum absolute atomic E-state index is 9.55. The number of aliphatic hydroxyl groups is 1. The minimum atomic E-state index is -0.370. The largest absolute Gasteiger partial charge is 0.487 e. The molecule has 0 saturated heterocycles. The van der Waals surface area contributed by atoms with Gasteiger partial charge in [0.25, 0.3) is 0 Å². The number of hydrogen-bond donors (Lipinski definition) is 2. The van der Waals surface area contributed by atoms with E-state index in [-0.39, 0.29) is 12.2 Å². The predicted octanol–water partition coefficient (Wildman–Crippen LogP) is 3.46. The predicted molar refractivity (Wildman–Crippen MR) is 126 cm³/mol. The van der Waals surface area contributed by atoms with E-state index in [1.807, 2.05) is 51.4 Å². The molecule has 0 amide bonds. The quantitative estimate of drug-likeness (QED) is 0.439. The van der Waals surface area contributed by atoms with Gasteiger partial charge in [0.1, 0.15) is 34.3 Å². The molecule has 10 heteroatoms. The van der Waals surface area contributed by atoms with Crippen molar-refractivity contribution in [2.75, 3.05) is 19.0 Å². The van der Waals surface area contributed by atoms with Crippen molar-refractivity contribution in [1.82, 2.24) is 29.3 Å². The van der Waals surface area contributed by atoms with Gasteiger partial charge < -0.3 is 24.5 Å². The third-order valence-corrected chi connectivity index (χ3v) is 5.03. The Bertz CT molecular complexity index is 1290. The van der Waals surface area contributed by atoms with E-state index in [0.717, 1.165) is 22.5 Å². The number of aromatic nitrogens is 6. The first-order chi connectivity index (χ1) is 15.7. The summed E-state index contributed by atoms with van der Waals surface area (Å²) < 4.78 is 15.1. The average molecular weight is 452 g/mol. The van der Waals surface area contributed by atoms with E-state index in [9.17, 15) is 5.11 Å². The van der Waals surface area contributed by atoms with Crippen LogP contribution in [0, 0.1) is 6.92 Å². The molecule has 0 aromatic carbocycles. The highest BCUT2D eigenvalue weighted by molar-refractivity contribution is 5.87. The molecule has 174 valence electrons. The molecule has 0 atom stereocenters. The Hall–Kier alpha value is -3.66. The first kappa shape index (κ1) is 22.5. The summed E-state index contributed by atoms with van der Waals surface area (Å²) in [6.07, 6.45) is 1.61. The van der Waals surface area contributed by atoms with Crippen molar-refractivity contribution < 1.29 is 14.6 Å². The molecule has 0 aliphatic heterocycles. The molecule has 0 fully saturated rings. The summed E-state index contributed by atoms with van der Waals surface area (Å²) in [7, 11) is 3.53. The van der Waals surface area contributed by atoms with Crippen molar-refractivity contribution in [3.8, 4) is 23.1 Å². The normalized spacial score (nSPS) is 11.7. The molecular formula is C23H29N7O3. The molecule has 0 saturated carbocycles. The van der Waals surface area contributed by atoms with Crippen LogP contribution in [0.2, 0.25) is 0 Å². The van der Waals surface area contributed by atoms with Gasteiger partial charge in [-0.25, -0.2) is 14.6 Å². The highest BCUT2D eigenvalue weighted by Gasteiger charge is 2.19. The van der Waals surface area contributed by atoms with Crippen LogP contribution >= 0.6 is 0 Å². The fraction of sp³-hybridized carbons (Fsp3) is 0.391. The van der Waals surface area contributed by atoms with Gasteiger partial charge in [-0.1, -0.05) is 0 Å². The number of rotatable bonds is 7. The van der Waals surface area contributed by atoms with Gasteiger partial charge in [0, 0.05) is 37.1 Å². The number of hydrogen-bond acceptors (Lipinski definition) is 8. The van der Waals surface area contributed by atoms with Crippen molar-refractivity contribution in [3.05, 3.63) is 36.2 Å². The van der Waals surface area contributed by atoms with Gasteiger partial charge in [-0.15, -0.1) is 0 Å². The fourth-order valence-electron chi connectivity index (χ4n) is 3.46. The topological polar surface area (TPSA) is 112 Å². The van der Waals surface area contributed by atoms with E-state index < -0.39 is 0 Å². The number of aliphatic hydroxyl groups excluding tert-OH is 1. The van der Waals surface area contributed by atoms with E-state index in [2.05, 4.69) is 26.4 Å². The maximum Gasteiger partial charge on any atom is 0.216 e. The number of methoxy groups -OCH3 is 1. The van der Waals surface area contributed by atoms with E-state index in [1.165, 1.54) is 0 Å². The van der Waals surface area contributed by atoms with E-state index in [1.54, 1.807) is 24.1 Å². The van der Waals surface area contributed by atoms with Crippen LogP contribution in [0.4, 0.5) is 11.6 Å². The third kappa shape index (κ3) is 4.75. The monoisotopic (exact) mass is 451 g/mol. The standard InChI is InChI=1S/C23H29N7O3/c1-14-11-15-17(33-23(2,3)4)13-18(26-22(15)29(14)5)25-19-12-16(28-30(19)9-10-31)21-24-8-7-20(27-21)32-6/h7-8,11-13,31H,9-10H2,1-6H3,(H,25,26). The van der Waals surface area contributed by atoms with Crippen molar-refractivity contribution in [3.63, 3.8) is 0 Å². The summed E-state index contributed by atoms with van der Waals surface area (Å²) in [5.74, 6) is 2.85. The van der Waals surface area contributed by atoms with E-state index in [0.29, 0.717) is 35.6 Å². The summed E-state index contributed by atoms with van der Waals surface area (Å²) >= 11 is 0. The molecule has 0 bridgehead atoms. The molecule has 4 heterocycles. The molecular weight excluding hydrogens is 422 g/mol. The van der Waals surface area contributed by atoms with Crippen LogP contribution < -0.4 is 14.8 Å². The summed E-state index contributed by atoms with van der Waals surface area (Å²) in [5.41, 5.74) is 2.06. The lowest BCUT2D eigenvalue weighted by molar-refractivity contribution is 0.133. The lowest BCUT2D eigenvalue weighted by atomic mass is 10.2. The Morgan fingerprint density at radius 2 is 1.94 bits per heavy atom. The summed E-state index contributed by atoms with van der Waals surface area (Å²) in [4.78, 5) is 13.5. The Morgan fingerprint density at radius 1 is 1.15 bits per heavy atom. The van der Waals surface area contributed by atoms with Crippen LogP contribution in [0.3, 0.4) is 0 Å². The Balaban J connectivity index is 1.77. The van der Waals surface area contributed by atoms with Crippen LogP contribution in [0.25, 0.3) is 22.6 Å². The van der Waals surface area contributed by atoms with Crippen LogP contribution in [0.1, 0.15) is 26.5 Å². The number of anilines is 2. The molecule has 2 N–H and O–H groups in total. The smallest absolute Gasteiger partial charge is 0.216 e. The minimum absolute atomic E-state index is 0.0728. The number of pyridine rings is 1. The molecule has 4 aromatic heterocycles. The SMILES string of the molecule is COc1ccnc(-c2cc(Nc3cc(OC(C)(C)C)c4cc(C)n(C)c4n3)n(CCO)n2)n1. The second kappa shape index (κ2) is 8.70. The molecule has 0 aliphatic rings. The third-order valence-electron chi connectivity index (χ3n) is 5.03. The highest BCUT2D eigenvalue weighted by atomic mass is 16.5. The van der Waals surface area contributed by atoms with Crippen molar-refractivity contribution in [1.29, 1.82) is 0 Å². The first-order valence-electron chi connectivity index (χ1n) is 10.7. The molecule has 4 rings (SSSR count). The van der Waals surface area contributed by atoms with Crippen molar-refractivity contribution in [2.45, 2.75) is 39.8 Å². The second-order valence-corrected chi connectivity index (χ2v) is 8.71. The zero-order chi connectivity index (χ0) is 23.8. The van der Waals surface area contributed by atoms with Crippen LogP contribution in [0.5, 0.6) is 11.6 Å². The lowest BCUT2D eigenvalue weighted by Crippen LogP contribution is -2.23. The fourth-order valence-corrected chi connectivity index (χ4v) is 3.46. The number of ether oxygens (including phenoxy) is 2. The van der Waals surface area contributed by atoms with Gasteiger partial charge in [-0.2, -0.15) is 10.1 Å². The summed E-state index contributed by atoms with van der Waals surface area (Å²) in [6, 6.07) is 7.44. The van der Waals surface area contributed by atoms with Gasteiger partial charge >= 0.3 is 0 Å². The first-order valence-corrected chi connectivity index (χ1v) is 10.7. The molecule has 4 aromatic rings. The summed E-state index contributed by atoms with van der Waals surface area (Å²) in [5, 5.41) is 18.4. The molecule has 33 heavy (non-hydrogen) atoms. The highest BCUT2D eigenvalue weighted by Crippen LogP contribution is 2.33. The van der Waals surface area contributed by atoms with Gasteiger partial charge in [0.05, 0.1) is 25.6 Å². The van der Waals surface area contributed by atoms with Gasteiger partial charge in [-0.3, -0.25) is 0 Å². The zero-order valence-corrected chi connectivity index (χ0v) is 19.7. The van der Waals surface area contributed by atoms with Crippen molar-refractivity contribution in [2.24, 2.45) is 7.05 Å². The second-order valence-electron chi connectivity index (χ2n) is 8.71. The minimum Gasteiger partial charge on any atom is -0.487 e. The zero-order valence-electron chi connectivity index (χ0n) is 19.7. The molecule has 0 unspecified atom stereocenters. The average Bonchev–Trinajstić information content (AvgIpc) is 3.29. The summed E-state index contributed by atoms with van der Waals surface area (Å²) in [6.45, 7) is 8.29. The molecule has 10 nitrogen and oxygen atoms in total. The molecule has 0 spiro atoms. The maximum atomic E-state index is 9.55. The Kier molecular flexibility index (Phi) is 5.94.